The largest absolute Gasteiger partial charge is 0.490 e. The fourth-order valence-corrected chi connectivity index (χ4v) is 5.09. The second kappa shape index (κ2) is 11.2. The van der Waals surface area contributed by atoms with Crippen molar-refractivity contribution in [2.75, 3.05) is 38.3 Å². The number of hydrogen-bond donors (Lipinski definition) is 1. The molecule has 2 aromatic carbocycles. The second-order valence-corrected chi connectivity index (χ2v) is 9.53. The summed E-state index contributed by atoms with van der Waals surface area (Å²) in [7, 11) is 0. The number of anilines is 1. The van der Waals surface area contributed by atoms with Crippen LogP contribution >= 0.6 is 34.4 Å². The monoisotopic (exact) mass is 610 g/mol. The maximum atomic E-state index is 12.9. The number of halogens is 1. The van der Waals surface area contributed by atoms with Crippen LogP contribution in [0, 0.1) is 3.57 Å². The number of carbonyl (C=O) groups excluding carboxylic acids is 3. The minimum absolute atomic E-state index is 0.226. The highest BCUT2D eigenvalue weighted by molar-refractivity contribution is 14.1. The summed E-state index contributed by atoms with van der Waals surface area (Å²) in [6.07, 6.45) is 1.62. The number of fused-ring (bicyclic) bond motifs is 1. The zero-order valence-corrected chi connectivity index (χ0v) is 22.1. The van der Waals surface area contributed by atoms with Crippen molar-refractivity contribution in [3.63, 3.8) is 0 Å². The Morgan fingerprint density at radius 3 is 2.60 bits per heavy atom. The molecule has 1 N–H and O–H groups in total. The Balaban J connectivity index is 1.46. The van der Waals surface area contributed by atoms with E-state index in [1.807, 2.05) is 19.9 Å². The van der Waals surface area contributed by atoms with Gasteiger partial charge in [0.15, 0.2) is 23.0 Å². The lowest BCUT2D eigenvalue weighted by Gasteiger charge is -2.19. The third kappa shape index (κ3) is 5.84. The average Bonchev–Trinajstić information content (AvgIpc) is 3.08. The zero-order chi connectivity index (χ0) is 24.9. The predicted molar refractivity (Wildman–Crippen MR) is 140 cm³/mol. The highest BCUT2D eigenvalue weighted by Gasteiger charge is 2.36. The van der Waals surface area contributed by atoms with Gasteiger partial charge in [0.25, 0.3) is 11.1 Å². The molecule has 4 rings (SSSR count). The number of carbonyl (C=O) groups is 3. The molecule has 2 aliphatic rings. The van der Waals surface area contributed by atoms with Crippen molar-refractivity contribution in [1.82, 2.24) is 4.90 Å². The molecule has 35 heavy (non-hydrogen) atoms. The molecule has 0 radical (unpaired) electrons. The van der Waals surface area contributed by atoms with E-state index >= 15 is 0 Å². The molecule has 2 aliphatic heterocycles. The lowest BCUT2D eigenvalue weighted by atomic mass is 10.2. The number of hydrogen-bond acceptors (Lipinski definition) is 8. The van der Waals surface area contributed by atoms with Crippen LogP contribution < -0.4 is 24.3 Å². The first kappa shape index (κ1) is 25.2. The topological polar surface area (TPSA) is 103 Å². The first-order valence-electron chi connectivity index (χ1n) is 10.9. The number of amides is 3. The maximum absolute atomic E-state index is 12.9. The van der Waals surface area contributed by atoms with Gasteiger partial charge in [0.2, 0.25) is 5.91 Å². The predicted octanol–water partition coefficient (Wildman–Crippen LogP) is 4.53. The van der Waals surface area contributed by atoms with Gasteiger partial charge in [-0.05, 0) is 84.1 Å². The molecule has 0 spiro atoms. The number of ether oxygens (including phenoxy) is 4. The van der Waals surface area contributed by atoms with Crippen LogP contribution in [0.3, 0.4) is 0 Å². The van der Waals surface area contributed by atoms with E-state index in [0.29, 0.717) is 60.7 Å². The Bertz CT molecular complexity index is 1200. The lowest BCUT2D eigenvalue weighted by Crippen LogP contribution is -2.36. The van der Waals surface area contributed by atoms with Crippen molar-refractivity contribution >= 4 is 63.2 Å². The van der Waals surface area contributed by atoms with Crippen LogP contribution in [0.2, 0.25) is 0 Å². The summed E-state index contributed by atoms with van der Waals surface area (Å²) in [4.78, 5) is 39.1. The third-order valence-corrected chi connectivity index (χ3v) is 6.63. The Morgan fingerprint density at radius 2 is 1.86 bits per heavy atom. The standard InChI is InChI=1S/C24H23IN2O7S/c1-3-31-19-10-14(9-16(25)22(19)32-4-2)11-20-23(29)27(24(30)35-20)13-21(28)26-15-5-6-17-18(12-15)34-8-7-33-17/h5-6,9-12H,3-4,7-8,13H2,1-2H3,(H,26,28)/b20-11+. The SMILES string of the molecule is CCOc1cc(/C=C2/SC(=O)N(CC(=O)Nc3ccc4c(c3)OCCO4)C2=O)cc(I)c1OCC. The fraction of sp³-hybridized carbons (Fsp3) is 0.292. The van der Waals surface area contributed by atoms with Gasteiger partial charge in [-0.1, -0.05) is 0 Å². The first-order chi connectivity index (χ1) is 16.9. The van der Waals surface area contributed by atoms with Gasteiger partial charge in [-0.15, -0.1) is 0 Å². The first-order valence-corrected chi connectivity index (χ1v) is 12.8. The van der Waals surface area contributed by atoms with Crippen LogP contribution in [0.15, 0.2) is 35.2 Å². The minimum atomic E-state index is -0.529. The molecule has 0 bridgehead atoms. The molecular weight excluding hydrogens is 587 g/mol. The molecule has 0 aliphatic carbocycles. The molecular formula is C24H23IN2O7S. The Kier molecular flexibility index (Phi) is 8.06. The molecule has 2 heterocycles. The fourth-order valence-electron chi connectivity index (χ4n) is 3.47. The summed E-state index contributed by atoms with van der Waals surface area (Å²) in [5.41, 5.74) is 1.17. The maximum Gasteiger partial charge on any atom is 0.294 e. The quantitative estimate of drug-likeness (QED) is 0.344. The van der Waals surface area contributed by atoms with E-state index in [-0.39, 0.29) is 4.91 Å². The van der Waals surface area contributed by atoms with Crippen molar-refractivity contribution in [2.24, 2.45) is 0 Å². The molecule has 184 valence electrons. The van der Waals surface area contributed by atoms with Crippen LogP contribution in [0.4, 0.5) is 10.5 Å². The molecule has 0 unspecified atom stereocenters. The number of rotatable bonds is 8. The van der Waals surface area contributed by atoms with Crippen LogP contribution in [0.25, 0.3) is 6.08 Å². The van der Waals surface area contributed by atoms with E-state index in [1.165, 1.54) is 0 Å². The van der Waals surface area contributed by atoms with E-state index in [1.54, 1.807) is 30.3 Å². The van der Waals surface area contributed by atoms with Crippen LogP contribution in [-0.2, 0) is 9.59 Å². The van der Waals surface area contributed by atoms with E-state index in [0.717, 1.165) is 20.2 Å². The zero-order valence-electron chi connectivity index (χ0n) is 19.1. The smallest absolute Gasteiger partial charge is 0.294 e. The summed E-state index contributed by atoms with van der Waals surface area (Å²) in [6, 6.07) is 8.61. The van der Waals surface area contributed by atoms with Gasteiger partial charge in [0, 0.05) is 11.8 Å². The van der Waals surface area contributed by atoms with E-state index in [4.69, 9.17) is 18.9 Å². The number of benzene rings is 2. The van der Waals surface area contributed by atoms with Gasteiger partial charge in [0.05, 0.1) is 21.7 Å². The molecule has 9 nitrogen and oxygen atoms in total. The van der Waals surface area contributed by atoms with Crippen molar-refractivity contribution in [3.05, 3.63) is 44.4 Å². The van der Waals surface area contributed by atoms with Gasteiger partial charge >= 0.3 is 0 Å². The van der Waals surface area contributed by atoms with Crippen LogP contribution in [-0.4, -0.2) is 54.9 Å². The van der Waals surface area contributed by atoms with Crippen molar-refractivity contribution in [2.45, 2.75) is 13.8 Å². The Morgan fingerprint density at radius 1 is 1.11 bits per heavy atom. The number of imide groups is 1. The number of nitrogens with zero attached hydrogens (tertiary/aromatic N) is 1. The normalized spacial score (nSPS) is 16.0. The van der Waals surface area contributed by atoms with Crippen molar-refractivity contribution in [3.8, 4) is 23.0 Å². The van der Waals surface area contributed by atoms with E-state index in [9.17, 15) is 14.4 Å². The van der Waals surface area contributed by atoms with Gasteiger partial charge in [-0.3, -0.25) is 19.3 Å². The van der Waals surface area contributed by atoms with E-state index in [2.05, 4.69) is 27.9 Å². The number of nitrogens with one attached hydrogen (secondary N) is 1. The van der Waals surface area contributed by atoms with E-state index < -0.39 is 23.6 Å². The lowest BCUT2D eigenvalue weighted by molar-refractivity contribution is -0.127. The second-order valence-electron chi connectivity index (χ2n) is 7.37. The molecule has 0 aromatic heterocycles. The third-order valence-electron chi connectivity index (χ3n) is 4.92. The van der Waals surface area contributed by atoms with Gasteiger partial charge in [-0.2, -0.15) is 0 Å². The summed E-state index contributed by atoms with van der Waals surface area (Å²) < 4.78 is 23.2. The molecule has 1 saturated heterocycles. The Hall–Kier alpha value is -2.93. The minimum Gasteiger partial charge on any atom is -0.490 e. The van der Waals surface area contributed by atoms with Crippen LogP contribution in [0.1, 0.15) is 19.4 Å². The molecule has 0 atom stereocenters. The highest BCUT2D eigenvalue weighted by Crippen LogP contribution is 2.38. The Labute approximate surface area is 220 Å². The molecule has 1 fully saturated rings. The van der Waals surface area contributed by atoms with Gasteiger partial charge in [-0.25, -0.2) is 0 Å². The average molecular weight is 610 g/mol. The van der Waals surface area contributed by atoms with Crippen molar-refractivity contribution in [1.29, 1.82) is 0 Å². The van der Waals surface area contributed by atoms with Gasteiger partial charge in [0.1, 0.15) is 19.8 Å². The molecule has 3 amide bonds. The number of thioether (sulfide) groups is 1. The summed E-state index contributed by atoms with van der Waals surface area (Å²) in [5, 5.41) is 2.18. The van der Waals surface area contributed by atoms with Gasteiger partial charge < -0.3 is 24.3 Å². The van der Waals surface area contributed by atoms with Crippen molar-refractivity contribution < 1.29 is 33.3 Å². The summed E-state index contributed by atoms with van der Waals surface area (Å²) >= 11 is 2.93. The summed E-state index contributed by atoms with van der Waals surface area (Å²) in [6.45, 7) is 5.19. The molecule has 2 aromatic rings. The van der Waals surface area contributed by atoms with Crippen LogP contribution in [0.5, 0.6) is 23.0 Å². The molecule has 0 saturated carbocycles. The highest BCUT2D eigenvalue weighted by atomic mass is 127. The molecule has 11 heteroatoms. The summed E-state index contributed by atoms with van der Waals surface area (Å²) in [5.74, 6) is 1.29.